The summed E-state index contributed by atoms with van der Waals surface area (Å²) < 4.78 is 6.75. The van der Waals surface area contributed by atoms with Crippen LogP contribution in [-0.4, -0.2) is 44.3 Å². The molecule has 2 unspecified atom stereocenters. The Hall–Kier alpha value is -1.71. The van der Waals surface area contributed by atoms with Crippen molar-refractivity contribution in [1.82, 2.24) is 9.38 Å². The second-order valence-electron chi connectivity index (χ2n) is 4.82. The molecule has 0 aliphatic carbocycles. The molecule has 1 aliphatic heterocycles. The van der Waals surface area contributed by atoms with E-state index >= 15 is 0 Å². The average Bonchev–Trinajstić information content (AvgIpc) is 3.02. The minimum Gasteiger partial charge on any atom is -0.385 e. The average molecular weight is 298 g/mol. The standard InChI is InChI=1S/C11H14N4O4S/c1-7-11(16,2-4-19-7)6-12-8-9(15(17)18)14-3-5-20-10(14)13-8/h3,5,7,12,16H,2,4,6H2,1H3. The van der Waals surface area contributed by atoms with E-state index in [0.717, 1.165) is 0 Å². The van der Waals surface area contributed by atoms with Crippen LogP contribution in [0.15, 0.2) is 11.6 Å². The number of aliphatic hydroxyl groups is 1. The molecule has 0 spiro atoms. The van der Waals surface area contributed by atoms with Gasteiger partial charge in [-0.2, -0.15) is 9.38 Å². The molecule has 2 atom stereocenters. The fourth-order valence-electron chi connectivity index (χ4n) is 2.31. The third-order valence-electron chi connectivity index (χ3n) is 3.63. The van der Waals surface area contributed by atoms with Gasteiger partial charge in [-0.3, -0.25) is 0 Å². The van der Waals surface area contributed by atoms with Gasteiger partial charge in [0, 0.05) is 25.0 Å². The van der Waals surface area contributed by atoms with Gasteiger partial charge in [-0.25, -0.2) is 0 Å². The Balaban J connectivity index is 1.85. The van der Waals surface area contributed by atoms with Crippen LogP contribution in [0.2, 0.25) is 0 Å². The maximum atomic E-state index is 11.2. The number of hydrogen-bond acceptors (Lipinski definition) is 7. The zero-order chi connectivity index (χ0) is 14.3. The first-order valence-corrected chi connectivity index (χ1v) is 7.07. The largest absolute Gasteiger partial charge is 0.385 e. The summed E-state index contributed by atoms with van der Waals surface area (Å²) in [4.78, 5) is 15.4. The topological polar surface area (TPSA) is 102 Å². The van der Waals surface area contributed by atoms with Gasteiger partial charge < -0.3 is 25.3 Å². The number of nitrogens with one attached hydrogen (secondary N) is 1. The van der Waals surface area contributed by atoms with Crippen LogP contribution in [0, 0.1) is 10.1 Å². The molecule has 0 bridgehead atoms. The van der Waals surface area contributed by atoms with Crippen molar-refractivity contribution in [3.8, 4) is 0 Å². The number of nitro groups is 1. The lowest BCUT2D eigenvalue weighted by Crippen LogP contribution is -2.43. The third kappa shape index (κ3) is 2.03. The molecular weight excluding hydrogens is 284 g/mol. The Morgan fingerprint density at radius 1 is 1.80 bits per heavy atom. The smallest absolute Gasteiger partial charge is 0.372 e. The van der Waals surface area contributed by atoms with Crippen LogP contribution in [0.4, 0.5) is 11.6 Å². The molecule has 3 heterocycles. The number of aromatic nitrogens is 2. The molecular formula is C11H14N4O4S. The summed E-state index contributed by atoms with van der Waals surface area (Å²) in [5, 5.41) is 26.2. The monoisotopic (exact) mass is 298 g/mol. The predicted octanol–water partition coefficient (Wildman–Crippen LogP) is 1.26. The number of anilines is 1. The molecule has 1 fully saturated rings. The molecule has 1 saturated heterocycles. The van der Waals surface area contributed by atoms with Crippen LogP contribution in [0.25, 0.3) is 4.96 Å². The van der Waals surface area contributed by atoms with Crippen LogP contribution in [-0.2, 0) is 4.74 Å². The van der Waals surface area contributed by atoms with E-state index in [0.29, 0.717) is 18.0 Å². The Labute approximate surface area is 118 Å². The maximum absolute atomic E-state index is 11.2. The number of hydrogen-bond donors (Lipinski definition) is 2. The van der Waals surface area contributed by atoms with Crippen molar-refractivity contribution >= 4 is 27.9 Å². The minimum atomic E-state index is -1.02. The van der Waals surface area contributed by atoms with E-state index in [1.54, 1.807) is 18.5 Å². The van der Waals surface area contributed by atoms with Gasteiger partial charge in [-0.05, 0) is 11.8 Å². The second-order valence-corrected chi connectivity index (χ2v) is 5.69. The quantitative estimate of drug-likeness (QED) is 0.650. The summed E-state index contributed by atoms with van der Waals surface area (Å²) in [6.45, 7) is 2.44. The molecule has 0 amide bonds. The third-order valence-corrected chi connectivity index (χ3v) is 4.39. The summed E-state index contributed by atoms with van der Waals surface area (Å²) >= 11 is 1.32. The molecule has 2 N–H and O–H groups in total. The lowest BCUT2D eigenvalue weighted by molar-refractivity contribution is -0.389. The molecule has 108 valence electrons. The van der Waals surface area contributed by atoms with Gasteiger partial charge in [-0.15, -0.1) is 0 Å². The van der Waals surface area contributed by atoms with Crippen molar-refractivity contribution in [1.29, 1.82) is 0 Å². The summed E-state index contributed by atoms with van der Waals surface area (Å²) in [6, 6.07) is 0. The van der Waals surface area contributed by atoms with Crippen molar-refractivity contribution in [3.63, 3.8) is 0 Å². The summed E-state index contributed by atoms with van der Waals surface area (Å²) in [6.07, 6.45) is 1.79. The summed E-state index contributed by atoms with van der Waals surface area (Å²) in [7, 11) is 0. The number of fused-ring (bicyclic) bond motifs is 1. The van der Waals surface area contributed by atoms with Gasteiger partial charge in [0.15, 0.2) is 0 Å². The summed E-state index contributed by atoms with van der Waals surface area (Å²) in [5.41, 5.74) is -1.02. The SMILES string of the molecule is CC1OCCC1(O)CNc1nc2sccn2c1[N+](=O)[O-]. The molecule has 1 aliphatic rings. The fourth-order valence-corrected chi connectivity index (χ4v) is 3.02. The van der Waals surface area contributed by atoms with E-state index in [9.17, 15) is 15.2 Å². The number of nitrogens with zero attached hydrogens (tertiary/aromatic N) is 3. The first-order valence-electron chi connectivity index (χ1n) is 6.19. The maximum Gasteiger partial charge on any atom is 0.372 e. The Morgan fingerprint density at radius 3 is 3.25 bits per heavy atom. The highest BCUT2D eigenvalue weighted by Gasteiger charge is 2.40. The van der Waals surface area contributed by atoms with Crippen molar-refractivity contribution in [2.45, 2.75) is 25.0 Å². The van der Waals surface area contributed by atoms with Gasteiger partial charge in [0.25, 0.3) is 4.96 Å². The molecule has 2 aromatic heterocycles. The molecule has 0 saturated carbocycles. The molecule has 8 nitrogen and oxygen atoms in total. The highest BCUT2D eigenvalue weighted by Crippen LogP contribution is 2.30. The molecule has 2 aromatic rings. The second kappa shape index (κ2) is 4.69. The van der Waals surface area contributed by atoms with E-state index < -0.39 is 10.5 Å². The molecule has 0 radical (unpaired) electrons. The van der Waals surface area contributed by atoms with Crippen molar-refractivity contribution in [3.05, 3.63) is 21.7 Å². The van der Waals surface area contributed by atoms with E-state index in [4.69, 9.17) is 4.74 Å². The zero-order valence-corrected chi connectivity index (χ0v) is 11.6. The van der Waals surface area contributed by atoms with Gasteiger partial charge in [0.05, 0.1) is 6.10 Å². The first kappa shape index (κ1) is 13.3. The van der Waals surface area contributed by atoms with E-state index in [1.807, 2.05) is 0 Å². The van der Waals surface area contributed by atoms with Crippen LogP contribution < -0.4 is 5.32 Å². The van der Waals surface area contributed by atoms with Gasteiger partial charge in [0.1, 0.15) is 11.8 Å². The van der Waals surface area contributed by atoms with Gasteiger partial charge in [0.2, 0.25) is 5.82 Å². The molecule has 20 heavy (non-hydrogen) atoms. The Bertz CT molecular complexity index is 654. The van der Waals surface area contributed by atoms with E-state index in [1.165, 1.54) is 15.7 Å². The van der Waals surface area contributed by atoms with Gasteiger partial charge in [-0.1, -0.05) is 11.3 Å². The minimum absolute atomic E-state index is 0.114. The van der Waals surface area contributed by atoms with E-state index in [2.05, 4.69) is 10.3 Å². The Morgan fingerprint density at radius 2 is 2.60 bits per heavy atom. The molecule has 3 rings (SSSR count). The zero-order valence-electron chi connectivity index (χ0n) is 10.8. The lowest BCUT2D eigenvalue weighted by atomic mass is 9.97. The highest BCUT2D eigenvalue weighted by atomic mass is 32.1. The van der Waals surface area contributed by atoms with Gasteiger partial charge >= 0.3 is 5.82 Å². The van der Waals surface area contributed by atoms with Crippen LogP contribution in [0.5, 0.6) is 0 Å². The number of ether oxygens (including phenoxy) is 1. The molecule has 9 heteroatoms. The number of imidazole rings is 1. The number of rotatable bonds is 4. The first-order chi connectivity index (χ1) is 9.51. The fraction of sp³-hybridized carbons (Fsp3) is 0.545. The van der Waals surface area contributed by atoms with Crippen molar-refractivity contribution in [2.75, 3.05) is 18.5 Å². The van der Waals surface area contributed by atoms with Crippen molar-refractivity contribution in [2.24, 2.45) is 0 Å². The van der Waals surface area contributed by atoms with Crippen LogP contribution >= 0.6 is 11.3 Å². The van der Waals surface area contributed by atoms with E-state index in [-0.39, 0.29) is 24.3 Å². The molecule has 0 aromatic carbocycles. The van der Waals surface area contributed by atoms with Crippen LogP contribution in [0.3, 0.4) is 0 Å². The normalized spacial score (nSPS) is 26.2. The lowest BCUT2D eigenvalue weighted by Gasteiger charge is -2.25. The van der Waals surface area contributed by atoms with Crippen molar-refractivity contribution < 1.29 is 14.8 Å². The highest BCUT2D eigenvalue weighted by molar-refractivity contribution is 7.15. The predicted molar refractivity (Wildman–Crippen MR) is 73.2 cm³/mol. The Kier molecular flexibility index (Phi) is 3.11. The summed E-state index contributed by atoms with van der Waals surface area (Å²) in [5.74, 6) is 0.0609. The number of thiazole rings is 1. The van der Waals surface area contributed by atoms with Crippen LogP contribution in [0.1, 0.15) is 13.3 Å².